The Bertz CT molecular complexity index is 1050. The molecular formula is C52H97NO8. The molecule has 0 spiro atoms. The van der Waals surface area contributed by atoms with Gasteiger partial charge in [0.1, 0.15) is 24.4 Å². The quantitative estimate of drug-likeness (QED) is 0.0262. The van der Waals surface area contributed by atoms with Crippen molar-refractivity contribution in [1.29, 1.82) is 0 Å². The van der Waals surface area contributed by atoms with Gasteiger partial charge in [0, 0.05) is 6.42 Å². The molecule has 1 rings (SSSR count). The van der Waals surface area contributed by atoms with Crippen LogP contribution in [0.1, 0.15) is 232 Å². The third-order valence-corrected chi connectivity index (χ3v) is 12.2. The van der Waals surface area contributed by atoms with E-state index in [-0.39, 0.29) is 12.5 Å². The topological polar surface area (TPSA) is 149 Å². The number of hydrogen-bond acceptors (Lipinski definition) is 8. The fraction of sp³-hybridized carbons (Fsp3) is 0.865. The predicted molar refractivity (Wildman–Crippen MR) is 253 cm³/mol. The molecule has 6 N–H and O–H groups in total. The number of nitrogens with one attached hydrogen (secondary N) is 1. The van der Waals surface area contributed by atoms with Gasteiger partial charge in [-0.05, 0) is 44.9 Å². The van der Waals surface area contributed by atoms with E-state index in [2.05, 4.69) is 43.5 Å². The summed E-state index contributed by atoms with van der Waals surface area (Å²) in [5.41, 5.74) is 0. The first-order chi connectivity index (χ1) is 29.8. The van der Waals surface area contributed by atoms with Gasteiger partial charge in [-0.2, -0.15) is 0 Å². The second kappa shape index (κ2) is 42.4. The summed E-state index contributed by atoms with van der Waals surface area (Å²) < 4.78 is 11.2. The first-order valence-corrected chi connectivity index (χ1v) is 25.7. The molecule has 0 bridgehead atoms. The van der Waals surface area contributed by atoms with E-state index in [0.29, 0.717) is 6.42 Å². The minimum Gasteiger partial charge on any atom is -0.394 e. The number of hydrogen-bond donors (Lipinski definition) is 6. The number of allylic oxidation sites excluding steroid dienone is 5. The maximum Gasteiger partial charge on any atom is 0.220 e. The maximum absolute atomic E-state index is 13.0. The smallest absolute Gasteiger partial charge is 0.220 e. The Hall–Kier alpha value is -1.59. The normalized spacial score (nSPS) is 20.7. The summed E-state index contributed by atoms with van der Waals surface area (Å²) in [5.74, 6) is -0.188. The lowest BCUT2D eigenvalue weighted by atomic mass is 9.99. The molecule has 0 aromatic rings. The second-order valence-corrected chi connectivity index (χ2v) is 18.0. The first-order valence-electron chi connectivity index (χ1n) is 25.7. The average Bonchev–Trinajstić information content (AvgIpc) is 3.26. The third kappa shape index (κ3) is 32.7. The van der Waals surface area contributed by atoms with E-state index in [4.69, 9.17) is 9.47 Å². The largest absolute Gasteiger partial charge is 0.394 e. The third-order valence-electron chi connectivity index (χ3n) is 12.2. The zero-order valence-corrected chi connectivity index (χ0v) is 39.4. The molecule has 9 nitrogen and oxygen atoms in total. The molecule has 0 radical (unpaired) electrons. The van der Waals surface area contributed by atoms with Gasteiger partial charge in [0.05, 0.1) is 25.4 Å². The lowest BCUT2D eigenvalue weighted by molar-refractivity contribution is -0.302. The minimum absolute atomic E-state index is 0.188. The number of aliphatic hydroxyl groups is 5. The van der Waals surface area contributed by atoms with Gasteiger partial charge < -0.3 is 40.3 Å². The van der Waals surface area contributed by atoms with Gasteiger partial charge in [-0.3, -0.25) is 4.79 Å². The number of ether oxygens (including phenoxy) is 2. The van der Waals surface area contributed by atoms with Crippen LogP contribution >= 0.6 is 0 Å². The summed E-state index contributed by atoms with van der Waals surface area (Å²) in [6.45, 7) is 3.77. The number of carbonyl (C=O) groups excluding carboxylic acids is 1. The van der Waals surface area contributed by atoms with Crippen molar-refractivity contribution in [1.82, 2.24) is 5.32 Å². The highest BCUT2D eigenvalue weighted by Crippen LogP contribution is 2.23. The molecule has 1 aliphatic rings. The number of unbranched alkanes of at least 4 members (excludes halogenated alkanes) is 29. The van der Waals surface area contributed by atoms with Gasteiger partial charge in [0.25, 0.3) is 0 Å². The Morgan fingerprint density at radius 2 is 0.934 bits per heavy atom. The molecule has 1 aliphatic heterocycles. The van der Waals surface area contributed by atoms with Gasteiger partial charge in [0.2, 0.25) is 5.91 Å². The summed E-state index contributed by atoms with van der Waals surface area (Å²) >= 11 is 0. The molecular weight excluding hydrogens is 767 g/mol. The molecule has 7 atom stereocenters. The Morgan fingerprint density at radius 1 is 0.541 bits per heavy atom. The average molecular weight is 864 g/mol. The second-order valence-electron chi connectivity index (χ2n) is 18.0. The molecule has 0 aromatic heterocycles. The lowest BCUT2D eigenvalue weighted by Gasteiger charge is -2.40. The van der Waals surface area contributed by atoms with Crippen LogP contribution in [0, 0.1) is 0 Å². The summed E-state index contributed by atoms with van der Waals surface area (Å²) in [6, 6.07) is -0.825. The molecule has 0 aromatic carbocycles. The molecule has 1 amide bonds. The van der Waals surface area contributed by atoms with E-state index in [0.717, 1.165) is 44.9 Å². The highest BCUT2D eigenvalue weighted by Gasteiger charge is 2.44. The van der Waals surface area contributed by atoms with Crippen molar-refractivity contribution in [3.05, 3.63) is 36.5 Å². The number of carbonyl (C=O) groups is 1. The standard InChI is InChI=1S/C52H97NO8/c1-3-5-7-9-11-13-15-17-19-21-22-23-24-26-27-29-31-33-35-37-39-41-46(55)45(44-60-52-51(59)50(58)49(57)47(43-54)61-52)53-48(56)42-40-38-36-34-32-30-28-25-20-18-16-14-12-10-8-6-4-2/h24,26,31,33,39,41,45-47,49-52,54-55,57-59H,3-23,25,27-30,32,34-38,40,42-44H2,1-2H3,(H,53,56)/b26-24+,33-31+,41-39+. The van der Waals surface area contributed by atoms with E-state index < -0.39 is 49.5 Å². The van der Waals surface area contributed by atoms with Crippen molar-refractivity contribution in [3.8, 4) is 0 Å². The first kappa shape index (κ1) is 57.4. The molecule has 1 saturated heterocycles. The van der Waals surface area contributed by atoms with Crippen LogP contribution in [0.5, 0.6) is 0 Å². The zero-order valence-electron chi connectivity index (χ0n) is 39.4. The summed E-state index contributed by atoms with van der Waals surface area (Å²) in [6.07, 6.45) is 46.2. The Morgan fingerprint density at radius 3 is 1.38 bits per heavy atom. The van der Waals surface area contributed by atoms with Crippen molar-refractivity contribution >= 4 is 5.91 Å². The van der Waals surface area contributed by atoms with Crippen molar-refractivity contribution in [2.45, 2.75) is 275 Å². The van der Waals surface area contributed by atoms with E-state index >= 15 is 0 Å². The van der Waals surface area contributed by atoms with E-state index in [1.165, 1.54) is 167 Å². The fourth-order valence-electron chi connectivity index (χ4n) is 8.07. The Balaban J connectivity index is 2.33. The van der Waals surface area contributed by atoms with Crippen LogP contribution in [-0.4, -0.2) is 87.5 Å². The van der Waals surface area contributed by atoms with Gasteiger partial charge in [-0.1, -0.05) is 217 Å². The number of amides is 1. The van der Waals surface area contributed by atoms with Crippen LogP contribution < -0.4 is 5.32 Å². The number of aliphatic hydroxyl groups excluding tert-OH is 5. The van der Waals surface area contributed by atoms with Crippen molar-refractivity contribution in [2.75, 3.05) is 13.2 Å². The van der Waals surface area contributed by atoms with Crippen molar-refractivity contribution < 1.29 is 39.8 Å². The summed E-state index contributed by atoms with van der Waals surface area (Å²) in [4.78, 5) is 13.0. The van der Waals surface area contributed by atoms with Gasteiger partial charge in [-0.25, -0.2) is 0 Å². The van der Waals surface area contributed by atoms with E-state index in [9.17, 15) is 30.3 Å². The molecule has 1 heterocycles. The minimum atomic E-state index is -1.57. The SMILES string of the molecule is CCCCCCCCCCCCC/C=C/CC/C=C/CC/C=C/C(O)C(COC1OC(CO)C(O)C(O)C1O)NC(=O)CCCCCCCCCCCCCCCCCCC. The van der Waals surface area contributed by atoms with Crippen LogP contribution in [0.25, 0.3) is 0 Å². The fourth-order valence-corrected chi connectivity index (χ4v) is 8.07. The van der Waals surface area contributed by atoms with E-state index in [1.807, 2.05) is 6.08 Å². The Labute approximate surface area is 374 Å². The van der Waals surface area contributed by atoms with Gasteiger partial charge in [-0.15, -0.1) is 0 Å². The molecule has 7 unspecified atom stereocenters. The molecule has 358 valence electrons. The highest BCUT2D eigenvalue weighted by molar-refractivity contribution is 5.76. The molecule has 0 saturated carbocycles. The molecule has 9 heteroatoms. The predicted octanol–water partition coefficient (Wildman–Crippen LogP) is 11.6. The highest BCUT2D eigenvalue weighted by atomic mass is 16.7. The summed E-state index contributed by atoms with van der Waals surface area (Å²) in [7, 11) is 0. The Kier molecular flexibility index (Phi) is 39.9. The lowest BCUT2D eigenvalue weighted by Crippen LogP contribution is -2.60. The van der Waals surface area contributed by atoms with Crippen molar-refractivity contribution in [2.24, 2.45) is 0 Å². The molecule has 61 heavy (non-hydrogen) atoms. The summed E-state index contributed by atoms with van der Waals surface area (Å²) in [5, 5.41) is 54.3. The van der Waals surface area contributed by atoms with Crippen LogP contribution in [0.15, 0.2) is 36.5 Å². The van der Waals surface area contributed by atoms with Crippen LogP contribution in [0.2, 0.25) is 0 Å². The van der Waals surface area contributed by atoms with Crippen LogP contribution in [0.3, 0.4) is 0 Å². The monoisotopic (exact) mass is 864 g/mol. The maximum atomic E-state index is 13.0. The zero-order chi connectivity index (χ0) is 44.4. The number of rotatable bonds is 43. The molecule has 0 aliphatic carbocycles. The van der Waals surface area contributed by atoms with Crippen molar-refractivity contribution in [3.63, 3.8) is 0 Å². The van der Waals surface area contributed by atoms with Gasteiger partial charge >= 0.3 is 0 Å². The van der Waals surface area contributed by atoms with Gasteiger partial charge in [0.15, 0.2) is 6.29 Å². The van der Waals surface area contributed by atoms with Crippen LogP contribution in [-0.2, 0) is 14.3 Å². The molecule has 1 fully saturated rings. The van der Waals surface area contributed by atoms with Crippen LogP contribution in [0.4, 0.5) is 0 Å². The van der Waals surface area contributed by atoms with E-state index in [1.54, 1.807) is 6.08 Å².